The lowest BCUT2D eigenvalue weighted by Crippen LogP contribution is -2.68. The number of halogens is 1. The molecule has 0 atom stereocenters. The van der Waals surface area contributed by atoms with Crippen molar-refractivity contribution in [2.24, 2.45) is 5.41 Å². The molecule has 3 fully saturated rings. The number of Topliss-reactive ketones (excluding diaryl/α,β-unsaturated/α-hetero) is 1. The predicted molar refractivity (Wildman–Crippen MR) is 34.8 cm³/mol. The molecule has 2 bridgehead atoms. The Balaban J connectivity index is 2.10. The summed E-state index contributed by atoms with van der Waals surface area (Å²) in [6, 6.07) is 0. The van der Waals surface area contributed by atoms with Crippen molar-refractivity contribution < 1.29 is 14.0 Å². The van der Waals surface area contributed by atoms with E-state index in [-0.39, 0.29) is 5.78 Å². The fourth-order valence-electron chi connectivity index (χ4n) is 2.11. The maximum atomic E-state index is 12.9. The number of rotatable bonds is 2. The van der Waals surface area contributed by atoms with Crippen molar-refractivity contribution in [3.63, 3.8) is 0 Å². The van der Waals surface area contributed by atoms with Crippen LogP contribution < -0.4 is 0 Å². The molecule has 3 aliphatic rings. The second kappa shape index (κ2) is 1.59. The molecule has 0 amide bonds. The summed E-state index contributed by atoms with van der Waals surface area (Å²) in [6.45, 7) is 0. The Morgan fingerprint density at radius 3 is 2.45 bits per heavy atom. The summed E-state index contributed by atoms with van der Waals surface area (Å²) in [4.78, 5) is 13.7. The summed E-state index contributed by atoms with van der Waals surface area (Å²) in [6.07, 6.45) is 1.85. The number of hydrogen-bond donors (Lipinski definition) is 0. The van der Waals surface area contributed by atoms with Gasteiger partial charge in [0.25, 0.3) is 0 Å². The summed E-state index contributed by atoms with van der Waals surface area (Å²) in [5.74, 6) is -0.237. The Morgan fingerprint density at radius 2 is 2.09 bits per heavy atom. The van der Waals surface area contributed by atoms with Gasteiger partial charge in [-0.15, -0.1) is 0 Å². The van der Waals surface area contributed by atoms with Crippen molar-refractivity contribution in [1.82, 2.24) is 0 Å². The van der Waals surface area contributed by atoms with Crippen LogP contribution in [0.5, 0.6) is 0 Å². The predicted octanol–water partition coefficient (Wildman–Crippen LogP) is 0.748. The molecule has 0 saturated heterocycles. The van der Waals surface area contributed by atoms with Gasteiger partial charge in [-0.3, -0.25) is 4.79 Å². The summed E-state index contributed by atoms with van der Waals surface area (Å²) in [5, 5.41) is 0. The summed E-state index contributed by atoms with van der Waals surface area (Å²) in [5.41, 5.74) is 6.51. The molecular weight excluding hydrogens is 147 g/mol. The first kappa shape index (κ1) is 6.68. The first-order valence-electron chi connectivity index (χ1n) is 3.51. The third-order valence-electron chi connectivity index (χ3n) is 2.66. The van der Waals surface area contributed by atoms with E-state index in [1.54, 1.807) is 0 Å². The van der Waals surface area contributed by atoms with E-state index in [2.05, 4.69) is 4.79 Å². The molecule has 0 aromatic rings. The number of ketones is 1. The van der Waals surface area contributed by atoms with E-state index in [0.29, 0.717) is 19.3 Å². The molecule has 0 unspecified atom stereocenters. The number of carbonyl (C=O) groups is 1. The number of carbonyl (C=O) groups excluding carboxylic acids is 1. The quantitative estimate of drug-likeness (QED) is 0.329. The molecule has 58 valence electrons. The Labute approximate surface area is 62.8 Å². The zero-order valence-corrected chi connectivity index (χ0v) is 5.88. The van der Waals surface area contributed by atoms with E-state index in [4.69, 9.17) is 5.53 Å². The standard InChI is InChI=1S/C7H7FN2O/c8-7-2-6(3-7,4-7)5(11)1-10-9/h1H,2-4H2/t6-,7+. The molecule has 3 rings (SSSR count). The molecule has 0 N–H and O–H groups in total. The zero-order chi connectivity index (χ0) is 8.11. The fourth-order valence-corrected chi connectivity index (χ4v) is 2.11. The highest BCUT2D eigenvalue weighted by molar-refractivity contribution is 6.28. The molecule has 4 heteroatoms. The third-order valence-corrected chi connectivity index (χ3v) is 2.66. The summed E-state index contributed by atoms with van der Waals surface area (Å²) >= 11 is 0. The lowest BCUT2D eigenvalue weighted by molar-refractivity contribution is -0.207. The van der Waals surface area contributed by atoms with E-state index < -0.39 is 11.1 Å². The fraction of sp³-hybridized carbons (Fsp3) is 0.714. The minimum absolute atomic E-state index is 0.237. The highest BCUT2D eigenvalue weighted by Crippen LogP contribution is 2.69. The highest BCUT2D eigenvalue weighted by Gasteiger charge is 2.73. The molecule has 3 nitrogen and oxygen atoms in total. The maximum Gasteiger partial charge on any atom is 0.323 e. The zero-order valence-electron chi connectivity index (χ0n) is 5.88. The Morgan fingerprint density at radius 1 is 1.55 bits per heavy atom. The molecule has 11 heavy (non-hydrogen) atoms. The van der Waals surface area contributed by atoms with Crippen LogP contribution in [0.1, 0.15) is 19.3 Å². The largest absolute Gasteiger partial charge is 0.361 e. The van der Waals surface area contributed by atoms with Crippen molar-refractivity contribution in [2.75, 3.05) is 0 Å². The first-order valence-corrected chi connectivity index (χ1v) is 3.51. The number of nitrogens with zero attached hydrogens (tertiary/aromatic N) is 2. The van der Waals surface area contributed by atoms with E-state index >= 15 is 0 Å². The van der Waals surface area contributed by atoms with Crippen LogP contribution in [-0.2, 0) is 4.79 Å². The van der Waals surface area contributed by atoms with Gasteiger partial charge < -0.3 is 5.53 Å². The summed E-state index contributed by atoms with van der Waals surface area (Å²) < 4.78 is 12.9. The molecule has 0 aliphatic heterocycles. The maximum absolute atomic E-state index is 12.9. The van der Waals surface area contributed by atoms with Gasteiger partial charge in [-0.25, -0.2) is 4.39 Å². The van der Waals surface area contributed by atoms with Crippen LogP contribution in [0.2, 0.25) is 0 Å². The lowest BCUT2D eigenvalue weighted by Gasteiger charge is -2.63. The SMILES string of the molecule is [N-]=[N+]=CC(=O)[C@]12C[C@](F)(C1)C2. The first-order chi connectivity index (χ1) is 5.10. The molecule has 0 aromatic heterocycles. The van der Waals surface area contributed by atoms with Gasteiger partial charge in [0.1, 0.15) is 5.67 Å². The normalized spacial score (nSPS) is 44.8. The third kappa shape index (κ3) is 0.648. The van der Waals surface area contributed by atoms with Gasteiger partial charge >= 0.3 is 6.21 Å². The van der Waals surface area contributed by atoms with Crippen LogP contribution in [0.3, 0.4) is 0 Å². The van der Waals surface area contributed by atoms with Crippen LogP contribution >= 0.6 is 0 Å². The minimum Gasteiger partial charge on any atom is -0.361 e. The average molecular weight is 154 g/mol. The molecule has 3 aliphatic carbocycles. The Kier molecular flexibility index (Phi) is 0.963. The molecule has 0 heterocycles. The van der Waals surface area contributed by atoms with Crippen molar-refractivity contribution in [3.05, 3.63) is 5.53 Å². The van der Waals surface area contributed by atoms with Crippen molar-refractivity contribution >= 4 is 12.0 Å². The van der Waals surface area contributed by atoms with E-state index in [1.807, 2.05) is 0 Å². The monoisotopic (exact) mass is 154 g/mol. The van der Waals surface area contributed by atoms with Crippen LogP contribution in [0.15, 0.2) is 0 Å². The van der Waals surface area contributed by atoms with Gasteiger partial charge in [0, 0.05) is 5.41 Å². The van der Waals surface area contributed by atoms with Crippen molar-refractivity contribution in [3.8, 4) is 0 Å². The molecule has 0 aromatic carbocycles. The van der Waals surface area contributed by atoms with E-state index in [1.165, 1.54) is 0 Å². The van der Waals surface area contributed by atoms with Gasteiger partial charge in [0.15, 0.2) is 0 Å². The number of hydrogen-bond acceptors (Lipinski definition) is 1. The smallest absolute Gasteiger partial charge is 0.323 e. The van der Waals surface area contributed by atoms with Gasteiger partial charge in [-0.05, 0) is 19.3 Å². The molecule has 0 spiro atoms. The van der Waals surface area contributed by atoms with Crippen molar-refractivity contribution in [2.45, 2.75) is 24.9 Å². The second-order valence-electron chi connectivity index (χ2n) is 3.57. The molecule has 0 radical (unpaired) electrons. The van der Waals surface area contributed by atoms with E-state index in [0.717, 1.165) is 6.21 Å². The number of alkyl halides is 1. The average Bonchev–Trinajstić information content (AvgIpc) is 1.79. The van der Waals surface area contributed by atoms with Gasteiger partial charge in [0.2, 0.25) is 5.78 Å². The molecular formula is C7H7FN2O. The van der Waals surface area contributed by atoms with Crippen LogP contribution in [0, 0.1) is 5.41 Å². The summed E-state index contributed by atoms with van der Waals surface area (Å²) in [7, 11) is 0. The van der Waals surface area contributed by atoms with E-state index in [9.17, 15) is 9.18 Å². The molecule has 3 saturated carbocycles. The Hall–Kier alpha value is -1.02. The van der Waals surface area contributed by atoms with Crippen LogP contribution in [0.25, 0.3) is 5.53 Å². The minimum atomic E-state index is -1.06. The van der Waals surface area contributed by atoms with Gasteiger partial charge in [-0.2, -0.15) is 4.79 Å². The second-order valence-corrected chi connectivity index (χ2v) is 3.57. The highest BCUT2D eigenvalue weighted by atomic mass is 19.1. The topological polar surface area (TPSA) is 53.5 Å². The van der Waals surface area contributed by atoms with Crippen molar-refractivity contribution in [1.29, 1.82) is 0 Å². The lowest BCUT2D eigenvalue weighted by atomic mass is 9.41. The van der Waals surface area contributed by atoms with Crippen LogP contribution in [0.4, 0.5) is 4.39 Å². The Bertz CT molecular complexity index is 260. The van der Waals surface area contributed by atoms with Gasteiger partial charge in [0.05, 0.1) is 0 Å². The van der Waals surface area contributed by atoms with Crippen LogP contribution in [-0.4, -0.2) is 22.5 Å². The van der Waals surface area contributed by atoms with Gasteiger partial charge in [-0.1, -0.05) is 0 Å².